The molecule has 0 aromatic heterocycles. The lowest BCUT2D eigenvalue weighted by molar-refractivity contribution is 0.276. The highest BCUT2D eigenvalue weighted by molar-refractivity contribution is 9.10. The van der Waals surface area contributed by atoms with E-state index < -0.39 is 0 Å². The highest BCUT2D eigenvalue weighted by atomic mass is 79.9. The van der Waals surface area contributed by atoms with Crippen LogP contribution < -0.4 is 5.32 Å². The van der Waals surface area contributed by atoms with Gasteiger partial charge >= 0.3 is 0 Å². The number of halogens is 3. The van der Waals surface area contributed by atoms with Crippen molar-refractivity contribution in [2.45, 2.75) is 6.04 Å². The average molecular weight is 345 g/mol. The Kier molecular flexibility index (Phi) is 4.80. The quantitative estimate of drug-likeness (QED) is 0.862. The van der Waals surface area contributed by atoms with Crippen molar-refractivity contribution in [1.29, 1.82) is 0 Å². The van der Waals surface area contributed by atoms with Gasteiger partial charge in [-0.15, -0.1) is 0 Å². The molecule has 0 aliphatic heterocycles. The van der Waals surface area contributed by atoms with Gasteiger partial charge in [-0.2, -0.15) is 0 Å². The fraction of sp³-hybridized carbons (Fsp3) is 0.143. The number of benzene rings is 2. The van der Waals surface area contributed by atoms with E-state index in [2.05, 4.69) is 21.2 Å². The molecule has 2 aromatic rings. The second kappa shape index (κ2) is 6.37. The summed E-state index contributed by atoms with van der Waals surface area (Å²) >= 11 is 9.21. The van der Waals surface area contributed by atoms with Gasteiger partial charge in [0, 0.05) is 15.2 Å². The number of anilines is 1. The van der Waals surface area contributed by atoms with Crippen molar-refractivity contribution in [1.82, 2.24) is 0 Å². The molecule has 19 heavy (non-hydrogen) atoms. The number of aliphatic hydroxyl groups is 1. The summed E-state index contributed by atoms with van der Waals surface area (Å²) in [6.07, 6.45) is 0. The summed E-state index contributed by atoms with van der Waals surface area (Å²) in [6, 6.07) is 11.2. The van der Waals surface area contributed by atoms with Gasteiger partial charge in [-0.05, 0) is 35.9 Å². The minimum absolute atomic E-state index is 0.114. The molecule has 100 valence electrons. The van der Waals surface area contributed by atoms with Crippen LogP contribution >= 0.6 is 27.5 Å². The Morgan fingerprint density at radius 2 is 2.05 bits per heavy atom. The third-order valence-corrected chi connectivity index (χ3v) is 3.61. The molecule has 2 nitrogen and oxygen atoms in total. The van der Waals surface area contributed by atoms with E-state index in [1.54, 1.807) is 18.2 Å². The Balaban J connectivity index is 2.25. The van der Waals surface area contributed by atoms with Gasteiger partial charge in [0.1, 0.15) is 5.82 Å². The van der Waals surface area contributed by atoms with E-state index in [0.717, 1.165) is 11.3 Å². The third-order valence-electron chi connectivity index (χ3n) is 2.69. The first-order valence-electron chi connectivity index (χ1n) is 5.68. The van der Waals surface area contributed by atoms with E-state index in [1.165, 1.54) is 12.1 Å². The lowest BCUT2D eigenvalue weighted by Gasteiger charge is -2.19. The Labute approximate surface area is 124 Å². The van der Waals surface area contributed by atoms with E-state index in [1.807, 2.05) is 12.1 Å². The molecule has 0 bridgehead atoms. The smallest absolute Gasteiger partial charge is 0.124 e. The fourth-order valence-corrected chi connectivity index (χ4v) is 2.60. The third kappa shape index (κ3) is 3.69. The highest BCUT2D eigenvalue weighted by Gasteiger charge is 2.14. The maximum atomic E-state index is 13.1. The van der Waals surface area contributed by atoms with Crippen LogP contribution in [0.2, 0.25) is 5.02 Å². The first-order valence-corrected chi connectivity index (χ1v) is 6.85. The molecule has 0 fully saturated rings. The van der Waals surface area contributed by atoms with Crippen molar-refractivity contribution in [2.75, 3.05) is 11.9 Å². The van der Waals surface area contributed by atoms with Gasteiger partial charge in [0.05, 0.1) is 12.6 Å². The number of aliphatic hydroxyl groups excluding tert-OH is 1. The van der Waals surface area contributed by atoms with E-state index in [4.69, 9.17) is 11.6 Å². The van der Waals surface area contributed by atoms with E-state index >= 15 is 0 Å². The minimum atomic E-state index is -0.339. The predicted octanol–water partition coefficient (Wildman–Crippen LogP) is 4.39. The molecule has 5 heteroatoms. The van der Waals surface area contributed by atoms with Crippen LogP contribution in [-0.2, 0) is 0 Å². The maximum Gasteiger partial charge on any atom is 0.124 e. The average Bonchev–Trinajstić information content (AvgIpc) is 2.37. The Morgan fingerprint density at radius 3 is 2.68 bits per heavy atom. The zero-order chi connectivity index (χ0) is 13.8. The van der Waals surface area contributed by atoms with Gasteiger partial charge in [0.15, 0.2) is 0 Å². The Hall–Kier alpha value is -1.10. The van der Waals surface area contributed by atoms with Crippen LogP contribution in [0.4, 0.5) is 10.1 Å². The van der Waals surface area contributed by atoms with Crippen molar-refractivity contribution in [3.63, 3.8) is 0 Å². The molecule has 1 atom stereocenters. The van der Waals surface area contributed by atoms with Crippen LogP contribution in [0.5, 0.6) is 0 Å². The summed E-state index contributed by atoms with van der Waals surface area (Å²) in [6.45, 7) is -0.114. The molecular weight excluding hydrogens is 333 g/mol. The molecule has 0 aliphatic rings. The summed E-state index contributed by atoms with van der Waals surface area (Å²) in [7, 11) is 0. The SMILES string of the molecule is OCC(Nc1cccc(Cl)c1)c1ccc(F)cc1Br. The number of rotatable bonds is 4. The molecule has 0 saturated carbocycles. The van der Waals surface area contributed by atoms with Crippen molar-refractivity contribution in [2.24, 2.45) is 0 Å². The molecule has 0 amide bonds. The van der Waals surface area contributed by atoms with Gasteiger partial charge in [-0.1, -0.05) is 39.7 Å². The van der Waals surface area contributed by atoms with Crippen LogP contribution in [0.1, 0.15) is 11.6 Å². The number of hydrogen-bond acceptors (Lipinski definition) is 2. The normalized spacial score (nSPS) is 12.2. The molecule has 0 saturated heterocycles. The number of nitrogens with one attached hydrogen (secondary N) is 1. The zero-order valence-corrected chi connectivity index (χ0v) is 12.2. The largest absolute Gasteiger partial charge is 0.394 e. The van der Waals surface area contributed by atoms with Crippen LogP contribution in [0.15, 0.2) is 46.9 Å². The lowest BCUT2D eigenvalue weighted by Crippen LogP contribution is -2.15. The van der Waals surface area contributed by atoms with Crippen LogP contribution in [-0.4, -0.2) is 11.7 Å². The summed E-state index contributed by atoms with van der Waals surface area (Å²) in [4.78, 5) is 0. The summed E-state index contributed by atoms with van der Waals surface area (Å²) in [5.41, 5.74) is 1.58. The Morgan fingerprint density at radius 1 is 1.26 bits per heavy atom. The van der Waals surface area contributed by atoms with Gasteiger partial charge in [-0.25, -0.2) is 4.39 Å². The zero-order valence-electron chi connectivity index (χ0n) is 9.91. The van der Waals surface area contributed by atoms with Gasteiger partial charge in [-0.3, -0.25) is 0 Å². The molecule has 0 heterocycles. The maximum absolute atomic E-state index is 13.1. The first-order chi connectivity index (χ1) is 9.10. The van der Waals surface area contributed by atoms with E-state index in [0.29, 0.717) is 9.50 Å². The topological polar surface area (TPSA) is 32.3 Å². The van der Waals surface area contributed by atoms with Gasteiger partial charge < -0.3 is 10.4 Å². The standard InChI is InChI=1S/C14H12BrClFNO/c15-13-7-10(17)4-5-12(13)14(8-19)18-11-3-1-2-9(16)6-11/h1-7,14,18-19H,8H2. The molecule has 2 aromatic carbocycles. The molecule has 0 radical (unpaired) electrons. The molecule has 1 unspecified atom stereocenters. The monoisotopic (exact) mass is 343 g/mol. The fourth-order valence-electron chi connectivity index (χ4n) is 1.79. The molecule has 0 aliphatic carbocycles. The predicted molar refractivity (Wildman–Crippen MR) is 79.0 cm³/mol. The Bertz CT molecular complexity index is 579. The summed E-state index contributed by atoms with van der Waals surface area (Å²) < 4.78 is 13.7. The summed E-state index contributed by atoms with van der Waals surface area (Å²) in [5.74, 6) is -0.324. The highest BCUT2D eigenvalue weighted by Crippen LogP contribution is 2.27. The van der Waals surface area contributed by atoms with Crippen molar-refractivity contribution >= 4 is 33.2 Å². The second-order valence-corrected chi connectivity index (χ2v) is 5.35. The first kappa shape index (κ1) is 14.3. The number of hydrogen-bond donors (Lipinski definition) is 2. The molecular formula is C14H12BrClFNO. The van der Waals surface area contributed by atoms with Crippen LogP contribution in [0.3, 0.4) is 0 Å². The summed E-state index contributed by atoms with van der Waals surface area (Å²) in [5, 5.41) is 13.3. The van der Waals surface area contributed by atoms with Crippen molar-refractivity contribution in [3.8, 4) is 0 Å². The van der Waals surface area contributed by atoms with Gasteiger partial charge in [0.2, 0.25) is 0 Å². The second-order valence-electron chi connectivity index (χ2n) is 4.06. The minimum Gasteiger partial charge on any atom is -0.394 e. The van der Waals surface area contributed by atoms with Gasteiger partial charge in [0.25, 0.3) is 0 Å². The van der Waals surface area contributed by atoms with Crippen LogP contribution in [0, 0.1) is 5.82 Å². The molecule has 2 rings (SSSR count). The molecule has 2 N–H and O–H groups in total. The van der Waals surface area contributed by atoms with E-state index in [9.17, 15) is 9.50 Å². The van der Waals surface area contributed by atoms with Crippen molar-refractivity contribution < 1.29 is 9.50 Å². The lowest BCUT2D eigenvalue weighted by atomic mass is 10.1. The van der Waals surface area contributed by atoms with Crippen molar-refractivity contribution in [3.05, 3.63) is 63.3 Å². The molecule has 0 spiro atoms. The van der Waals surface area contributed by atoms with Crippen LogP contribution in [0.25, 0.3) is 0 Å². The van der Waals surface area contributed by atoms with E-state index in [-0.39, 0.29) is 18.5 Å².